The van der Waals surface area contributed by atoms with Gasteiger partial charge < -0.3 is 15.0 Å². The Kier molecular flexibility index (Phi) is 5.36. The molecule has 1 aliphatic heterocycles. The number of H-pyrrole nitrogens is 1. The average molecular weight is 439 g/mol. The second-order valence-corrected chi connectivity index (χ2v) is 7.82. The van der Waals surface area contributed by atoms with Crippen LogP contribution in [0.3, 0.4) is 0 Å². The molecule has 1 aromatic carbocycles. The minimum atomic E-state index is -4.86. The number of amides is 1. The van der Waals surface area contributed by atoms with E-state index in [-0.39, 0.29) is 28.4 Å². The molecule has 2 heterocycles. The summed E-state index contributed by atoms with van der Waals surface area (Å²) in [4.78, 5) is 26.9. The van der Waals surface area contributed by atoms with E-state index < -0.39 is 12.1 Å². The third-order valence-electron chi connectivity index (χ3n) is 5.11. The second-order valence-electron chi connectivity index (χ2n) is 7.42. The number of carbonyl (C=O) groups excluding carboxylic acids is 1. The molecule has 2 N–H and O–H groups in total. The number of alkyl halides is 3. The number of benzene rings is 1. The maximum Gasteiger partial charge on any atom is 0.573 e. The zero-order valence-electron chi connectivity index (χ0n) is 15.7. The predicted octanol–water partition coefficient (Wildman–Crippen LogP) is 4.51. The molecule has 0 unspecified atom stereocenters. The monoisotopic (exact) mass is 438 g/mol. The van der Waals surface area contributed by atoms with Crippen LogP contribution in [-0.4, -0.2) is 23.3 Å². The van der Waals surface area contributed by atoms with Gasteiger partial charge in [0.1, 0.15) is 5.75 Å². The Labute approximate surface area is 174 Å². The van der Waals surface area contributed by atoms with Crippen LogP contribution in [0.2, 0.25) is 5.02 Å². The van der Waals surface area contributed by atoms with Gasteiger partial charge in [-0.3, -0.25) is 9.59 Å². The quantitative estimate of drug-likeness (QED) is 0.721. The van der Waals surface area contributed by atoms with Crippen molar-refractivity contribution < 1.29 is 22.7 Å². The molecule has 5 nitrogen and oxygen atoms in total. The molecule has 0 spiro atoms. The van der Waals surface area contributed by atoms with Crippen molar-refractivity contribution in [2.45, 2.75) is 44.0 Å². The summed E-state index contributed by atoms with van der Waals surface area (Å²) in [5, 5.41) is 2.60. The van der Waals surface area contributed by atoms with E-state index in [1.807, 2.05) is 0 Å². The summed E-state index contributed by atoms with van der Waals surface area (Å²) < 4.78 is 41.5. The Morgan fingerprint density at radius 1 is 1.13 bits per heavy atom. The molecule has 1 aromatic heterocycles. The van der Waals surface area contributed by atoms with Crippen LogP contribution in [0.4, 0.5) is 13.2 Å². The first-order valence-electron chi connectivity index (χ1n) is 9.50. The van der Waals surface area contributed by atoms with Crippen molar-refractivity contribution in [1.82, 2.24) is 10.3 Å². The highest BCUT2D eigenvalue weighted by Crippen LogP contribution is 2.39. The number of pyridine rings is 1. The zero-order valence-corrected chi connectivity index (χ0v) is 16.4. The summed E-state index contributed by atoms with van der Waals surface area (Å²) in [6.07, 6.45) is -0.157. The Morgan fingerprint density at radius 3 is 2.47 bits per heavy atom. The van der Waals surface area contributed by atoms with Crippen LogP contribution in [-0.2, 0) is 4.79 Å². The summed E-state index contributed by atoms with van der Waals surface area (Å²) >= 11 is 6.02. The fourth-order valence-corrected chi connectivity index (χ4v) is 3.76. The van der Waals surface area contributed by atoms with E-state index in [0.717, 1.165) is 24.5 Å². The van der Waals surface area contributed by atoms with E-state index in [2.05, 4.69) is 15.0 Å². The van der Waals surface area contributed by atoms with E-state index in [1.165, 1.54) is 12.1 Å². The molecule has 0 bridgehead atoms. The van der Waals surface area contributed by atoms with Crippen molar-refractivity contribution in [3.8, 4) is 5.75 Å². The van der Waals surface area contributed by atoms with Gasteiger partial charge in [0.15, 0.2) is 0 Å². The number of ether oxygens (including phenoxy) is 1. The van der Waals surface area contributed by atoms with Gasteiger partial charge in [-0.05, 0) is 48.9 Å². The van der Waals surface area contributed by atoms with Gasteiger partial charge in [0.25, 0.3) is 5.56 Å². The predicted molar refractivity (Wildman–Crippen MR) is 105 cm³/mol. The molecule has 9 heteroatoms. The van der Waals surface area contributed by atoms with Crippen molar-refractivity contribution in [3.63, 3.8) is 0 Å². The lowest BCUT2D eigenvalue weighted by molar-refractivity contribution is -0.274. The van der Waals surface area contributed by atoms with E-state index in [9.17, 15) is 22.8 Å². The van der Waals surface area contributed by atoms with Gasteiger partial charge >= 0.3 is 6.36 Å². The fourth-order valence-electron chi connectivity index (χ4n) is 3.54. The average Bonchev–Trinajstić information content (AvgIpc) is 3.42. The van der Waals surface area contributed by atoms with Crippen LogP contribution in [0, 0.1) is 0 Å². The number of hydrogen-bond donors (Lipinski definition) is 2. The highest BCUT2D eigenvalue weighted by Gasteiger charge is 2.32. The first kappa shape index (κ1) is 20.5. The Balaban J connectivity index is 1.73. The largest absolute Gasteiger partial charge is 0.573 e. The molecule has 1 saturated carbocycles. The normalized spacial score (nSPS) is 19.7. The van der Waals surface area contributed by atoms with Crippen LogP contribution in [0.25, 0.3) is 5.57 Å². The van der Waals surface area contributed by atoms with Crippen LogP contribution in [0.5, 0.6) is 5.75 Å². The third-order valence-corrected chi connectivity index (χ3v) is 5.41. The van der Waals surface area contributed by atoms with Crippen LogP contribution >= 0.6 is 11.6 Å². The minimum absolute atomic E-state index is 0.0832. The molecule has 158 valence electrons. The van der Waals surface area contributed by atoms with Crippen LogP contribution in [0.1, 0.15) is 48.4 Å². The number of aromatic nitrogens is 1. The lowest BCUT2D eigenvalue weighted by Gasteiger charge is -2.15. The molecule has 1 atom stereocenters. The van der Waals surface area contributed by atoms with Crippen LogP contribution in [0.15, 0.2) is 41.2 Å². The van der Waals surface area contributed by atoms with Crippen molar-refractivity contribution in [1.29, 1.82) is 0 Å². The fraction of sp³-hybridized carbons (Fsp3) is 0.333. The second kappa shape index (κ2) is 7.83. The molecule has 4 rings (SSSR count). The summed E-state index contributed by atoms with van der Waals surface area (Å²) in [5.74, 6) is -0.322. The van der Waals surface area contributed by atoms with E-state index in [0.29, 0.717) is 29.7 Å². The number of aromatic amines is 1. The highest BCUT2D eigenvalue weighted by molar-refractivity contribution is 6.32. The number of hydrogen-bond acceptors (Lipinski definition) is 3. The number of rotatable bonds is 5. The lowest BCUT2D eigenvalue weighted by atomic mass is 9.98. The molecule has 1 saturated heterocycles. The first-order chi connectivity index (χ1) is 14.2. The maximum absolute atomic E-state index is 12.5. The highest BCUT2D eigenvalue weighted by atomic mass is 35.5. The SMILES string of the molecule is O=C1CC[C@H](/C=C(\c2ccc(OC(F)(F)F)c(Cl)c2)c2ccc(C3CC3)c(=O)[nH]2)N1. The van der Waals surface area contributed by atoms with Gasteiger partial charge in [0, 0.05) is 29.3 Å². The summed E-state index contributed by atoms with van der Waals surface area (Å²) in [6.45, 7) is 0. The maximum atomic E-state index is 12.5. The minimum Gasteiger partial charge on any atom is -0.404 e. The Bertz CT molecular complexity index is 1070. The molecule has 2 aliphatic rings. The Hall–Kier alpha value is -2.74. The lowest BCUT2D eigenvalue weighted by Crippen LogP contribution is -2.23. The molecule has 1 amide bonds. The number of carbonyl (C=O) groups is 1. The summed E-state index contributed by atoms with van der Waals surface area (Å²) in [5.41, 5.74) is 2.07. The number of halogens is 4. The molecular weight excluding hydrogens is 421 g/mol. The van der Waals surface area contributed by atoms with Gasteiger partial charge in [0.05, 0.1) is 5.02 Å². The van der Waals surface area contributed by atoms with Gasteiger partial charge in [0.2, 0.25) is 5.91 Å². The van der Waals surface area contributed by atoms with Gasteiger partial charge in [-0.15, -0.1) is 13.2 Å². The van der Waals surface area contributed by atoms with Gasteiger partial charge in [-0.1, -0.05) is 29.8 Å². The van der Waals surface area contributed by atoms with E-state index in [1.54, 1.807) is 18.2 Å². The van der Waals surface area contributed by atoms with Gasteiger partial charge in [-0.2, -0.15) is 0 Å². The van der Waals surface area contributed by atoms with Crippen LogP contribution < -0.4 is 15.6 Å². The third kappa shape index (κ3) is 4.70. The van der Waals surface area contributed by atoms with E-state index >= 15 is 0 Å². The van der Waals surface area contributed by atoms with Crippen molar-refractivity contribution in [2.75, 3.05) is 0 Å². The molecular formula is C21H18ClF3N2O3. The molecule has 1 aliphatic carbocycles. The van der Waals surface area contributed by atoms with Crippen molar-refractivity contribution in [3.05, 3.63) is 68.6 Å². The molecule has 30 heavy (non-hydrogen) atoms. The number of nitrogens with one attached hydrogen (secondary N) is 2. The van der Waals surface area contributed by atoms with E-state index in [4.69, 9.17) is 11.6 Å². The Morgan fingerprint density at radius 2 is 1.90 bits per heavy atom. The van der Waals surface area contributed by atoms with Crippen molar-refractivity contribution in [2.24, 2.45) is 0 Å². The topological polar surface area (TPSA) is 71.2 Å². The smallest absolute Gasteiger partial charge is 0.404 e. The first-order valence-corrected chi connectivity index (χ1v) is 9.88. The zero-order chi connectivity index (χ0) is 21.5. The molecule has 2 fully saturated rings. The molecule has 0 radical (unpaired) electrons. The van der Waals surface area contributed by atoms with Crippen molar-refractivity contribution >= 4 is 23.1 Å². The summed E-state index contributed by atoms with van der Waals surface area (Å²) in [7, 11) is 0. The standard InChI is InChI=1S/C21H18ClF3N2O3/c22-16-9-12(3-7-18(16)30-21(23,24)25)15(10-13-4-8-19(28)26-13)17-6-5-14(11-1-2-11)20(29)27-17/h3,5-7,9-11,13H,1-2,4,8H2,(H,26,28)(H,27,29)/b15-10+/t13-/m1/s1. The van der Waals surface area contributed by atoms with Gasteiger partial charge in [-0.25, -0.2) is 0 Å². The molecule has 2 aromatic rings. The summed E-state index contributed by atoms with van der Waals surface area (Å²) in [6, 6.07) is 7.19.